The average molecular weight is 285 g/mol. The number of nitrogens with one attached hydrogen (secondary N) is 1. The van der Waals surface area contributed by atoms with Crippen molar-refractivity contribution in [1.29, 1.82) is 0 Å². The van der Waals surface area contributed by atoms with E-state index in [4.69, 9.17) is 0 Å². The van der Waals surface area contributed by atoms with Crippen LogP contribution in [-0.4, -0.2) is 11.3 Å². The number of rotatable bonds is 5. The van der Waals surface area contributed by atoms with Crippen LogP contribution in [-0.2, 0) is 6.42 Å². The van der Waals surface area contributed by atoms with Crippen LogP contribution < -0.4 is 4.74 Å². The molecule has 0 fully saturated rings. The van der Waals surface area contributed by atoms with Crippen LogP contribution in [0.5, 0.6) is 5.75 Å². The highest BCUT2D eigenvalue weighted by Crippen LogP contribution is 2.32. The molecule has 1 unspecified atom stereocenters. The highest BCUT2D eigenvalue weighted by Gasteiger charge is 2.32. The van der Waals surface area contributed by atoms with E-state index in [9.17, 15) is 13.2 Å². The maximum Gasteiger partial charge on any atom is 0.573 e. The van der Waals surface area contributed by atoms with Crippen molar-refractivity contribution >= 4 is 10.9 Å². The Labute approximate surface area is 115 Å². The van der Waals surface area contributed by atoms with Gasteiger partial charge in [0.2, 0.25) is 0 Å². The van der Waals surface area contributed by atoms with Crippen molar-refractivity contribution in [2.45, 2.75) is 39.5 Å². The summed E-state index contributed by atoms with van der Waals surface area (Å²) in [5.74, 6) is 0.329. The lowest BCUT2D eigenvalue weighted by Crippen LogP contribution is -2.17. The molecule has 20 heavy (non-hydrogen) atoms. The summed E-state index contributed by atoms with van der Waals surface area (Å²) in [4.78, 5) is 2.90. The number of alkyl halides is 3. The average Bonchev–Trinajstić information content (AvgIpc) is 2.72. The number of aromatic nitrogens is 1. The van der Waals surface area contributed by atoms with Gasteiger partial charge in [0.1, 0.15) is 0 Å². The Morgan fingerprint density at radius 1 is 1.30 bits per heavy atom. The van der Waals surface area contributed by atoms with E-state index >= 15 is 0 Å². The largest absolute Gasteiger partial charge is 0.573 e. The Bertz CT molecular complexity index is 574. The van der Waals surface area contributed by atoms with Crippen LogP contribution in [0, 0.1) is 5.92 Å². The van der Waals surface area contributed by atoms with E-state index in [-0.39, 0.29) is 5.75 Å². The Hall–Kier alpha value is -1.65. The number of aromatic amines is 1. The molecule has 0 amide bonds. The molecule has 1 aromatic heterocycles. The van der Waals surface area contributed by atoms with Gasteiger partial charge in [0.25, 0.3) is 0 Å². The summed E-state index contributed by atoms with van der Waals surface area (Å²) >= 11 is 0. The van der Waals surface area contributed by atoms with E-state index in [1.807, 2.05) is 6.07 Å². The lowest BCUT2D eigenvalue weighted by Gasteiger charge is -2.11. The second-order valence-electron chi connectivity index (χ2n) is 5.14. The first-order valence-electron chi connectivity index (χ1n) is 6.75. The minimum absolute atomic E-state index is 0.176. The van der Waals surface area contributed by atoms with Crippen molar-refractivity contribution in [3.63, 3.8) is 0 Å². The van der Waals surface area contributed by atoms with Crippen LogP contribution >= 0.6 is 0 Å². The Morgan fingerprint density at radius 2 is 2.05 bits per heavy atom. The van der Waals surface area contributed by atoms with Crippen LogP contribution in [0.15, 0.2) is 24.4 Å². The first-order valence-corrected chi connectivity index (χ1v) is 6.75. The van der Waals surface area contributed by atoms with Crippen molar-refractivity contribution in [3.05, 3.63) is 30.0 Å². The van der Waals surface area contributed by atoms with Crippen LogP contribution in [0.2, 0.25) is 0 Å². The molecule has 0 aliphatic heterocycles. The lowest BCUT2D eigenvalue weighted by atomic mass is 9.97. The molecule has 0 saturated carbocycles. The molecular formula is C15H18F3NO. The minimum atomic E-state index is -4.67. The summed E-state index contributed by atoms with van der Waals surface area (Å²) < 4.78 is 41.1. The monoisotopic (exact) mass is 285 g/mol. The van der Waals surface area contributed by atoms with E-state index in [2.05, 4.69) is 23.6 Å². The number of hydrogen-bond acceptors (Lipinski definition) is 1. The fourth-order valence-corrected chi connectivity index (χ4v) is 2.53. The minimum Gasteiger partial charge on any atom is -0.404 e. The van der Waals surface area contributed by atoms with E-state index in [0.29, 0.717) is 11.4 Å². The Morgan fingerprint density at radius 3 is 2.70 bits per heavy atom. The molecule has 0 aliphatic carbocycles. The summed E-state index contributed by atoms with van der Waals surface area (Å²) in [6.07, 6.45) is 0.163. The summed E-state index contributed by atoms with van der Waals surface area (Å²) in [6, 6.07) is 4.74. The number of fused-ring (bicyclic) bond motifs is 1. The molecule has 0 radical (unpaired) electrons. The predicted octanol–water partition coefficient (Wildman–Crippen LogP) is 5.05. The molecule has 1 heterocycles. The van der Waals surface area contributed by atoms with Gasteiger partial charge in [-0.05, 0) is 24.0 Å². The third kappa shape index (κ3) is 3.46. The predicted molar refractivity (Wildman–Crippen MR) is 72.8 cm³/mol. The summed E-state index contributed by atoms with van der Waals surface area (Å²) in [6.45, 7) is 4.28. The zero-order valence-electron chi connectivity index (χ0n) is 11.6. The number of ether oxygens (including phenoxy) is 1. The molecule has 2 nitrogen and oxygen atoms in total. The SMILES string of the molecule is CCCC(C)Cc1c[nH]c2c(OC(F)(F)F)cccc12. The summed E-state index contributed by atoms with van der Waals surface area (Å²) in [7, 11) is 0. The highest BCUT2D eigenvalue weighted by atomic mass is 19.4. The van der Waals surface area contributed by atoms with Crippen LogP contribution in [0.4, 0.5) is 13.2 Å². The van der Waals surface area contributed by atoms with E-state index in [1.54, 1.807) is 12.3 Å². The Balaban J connectivity index is 2.30. The fraction of sp³-hybridized carbons (Fsp3) is 0.467. The number of halogens is 3. The summed E-state index contributed by atoms with van der Waals surface area (Å²) in [5, 5.41) is 0.801. The molecule has 0 bridgehead atoms. The van der Waals surface area contributed by atoms with E-state index in [1.165, 1.54) is 6.07 Å². The number of H-pyrrole nitrogens is 1. The quantitative estimate of drug-likeness (QED) is 0.817. The zero-order chi connectivity index (χ0) is 14.8. The van der Waals surface area contributed by atoms with E-state index < -0.39 is 6.36 Å². The topological polar surface area (TPSA) is 25.0 Å². The number of hydrogen-bond donors (Lipinski definition) is 1. The molecular weight excluding hydrogens is 267 g/mol. The third-order valence-electron chi connectivity index (χ3n) is 3.34. The van der Waals surface area contributed by atoms with Gasteiger partial charge in [0, 0.05) is 11.6 Å². The molecule has 0 spiro atoms. The molecule has 2 rings (SSSR count). The molecule has 1 aromatic carbocycles. The molecule has 0 aliphatic rings. The van der Waals surface area contributed by atoms with Gasteiger partial charge < -0.3 is 9.72 Å². The highest BCUT2D eigenvalue weighted by molar-refractivity contribution is 5.88. The Kier molecular flexibility index (Phi) is 4.26. The maximum absolute atomic E-state index is 12.4. The third-order valence-corrected chi connectivity index (χ3v) is 3.34. The van der Waals surface area contributed by atoms with Crippen molar-refractivity contribution < 1.29 is 17.9 Å². The zero-order valence-corrected chi connectivity index (χ0v) is 11.6. The van der Waals surface area contributed by atoms with Crippen LogP contribution in [0.25, 0.3) is 10.9 Å². The molecule has 1 atom stereocenters. The van der Waals surface area contributed by atoms with Gasteiger partial charge in [0.05, 0.1) is 5.52 Å². The normalized spacial score (nSPS) is 13.7. The van der Waals surface area contributed by atoms with Crippen molar-refractivity contribution in [3.8, 4) is 5.75 Å². The maximum atomic E-state index is 12.4. The van der Waals surface area contributed by atoms with Gasteiger partial charge in [-0.2, -0.15) is 0 Å². The van der Waals surface area contributed by atoms with Gasteiger partial charge in [-0.25, -0.2) is 0 Å². The van der Waals surface area contributed by atoms with Crippen molar-refractivity contribution in [2.24, 2.45) is 5.92 Å². The van der Waals surface area contributed by atoms with Gasteiger partial charge >= 0.3 is 6.36 Å². The molecule has 0 saturated heterocycles. The molecule has 2 aromatic rings. The lowest BCUT2D eigenvalue weighted by molar-refractivity contribution is -0.274. The smallest absolute Gasteiger partial charge is 0.404 e. The number of benzene rings is 1. The van der Waals surface area contributed by atoms with Gasteiger partial charge in [-0.1, -0.05) is 38.8 Å². The molecule has 1 N–H and O–H groups in total. The van der Waals surface area contributed by atoms with Crippen molar-refractivity contribution in [2.75, 3.05) is 0 Å². The van der Waals surface area contributed by atoms with Crippen LogP contribution in [0.1, 0.15) is 32.3 Å². The van der Waals surface area contributed by atoms with Gasteiger partial charge in [-0.15, -0.1) is 13.2 Å². The molecule has 110 valence electrons. The van der Waals surface area contributed by atoms with Gasteiger partial charge in [0.15, 0.2) is 5.75 Å². The number of para-hydroxylation sites is 1. The van der Waals surface area contributed by atoms with Crippen LogP contribution in [0.3, 0.4) is 0 Å². The molecule has 5 heteroatoms. The first-order chi connectivity index (χ1) is 9.40. The second-order valence-corrected chi connectivity index (χ2v) is 5.14. The second kappa shape index (κ2) is 5.77. The van der Waals surface area contributed by atoms with E-state index in [0.717, 1.165) is 30.2 Å². The standard InChI is InChI=1S/C15H18F3NO/c1-3-5-10(2)8-11-9-19-14-12(11)6-4-7-13(14)20-15(16,17)18/h4,6-7,9-10,19H,3,5,8H2,1-2H3. The first kappa shape index (κ1) is 14.8. The van der Waals surface area contributed by atoms with Gasteiger partial charge in [-0.3, -0.25) is 0 Å². The van der Waals surface area contributed by atoms with Crippen molar-refractivity contribution in [1.82, 2.24) is 4.98 Å². The fourth-order valence-electron chi connectivity index (χ4n) is 2.53. The summed E-state index contributed by atoms with van der Waals surface area (Å²) in [5.41, 5.74) is 1.44.